The Morgan fingerprint density at radius 3 is 1.59 bits per heavy atom. The van der Waals surface area contributed by atoms with E-state index in [-0.39, 0.29) is 0 Å². The average molecular weight is 292 g/mol. The lowest BCUT2D eigenvalue weighted by molar-refractivity contribution is 0.874. The summed E-state index contributed by atoms with van der Waals surface area (Å²) in [4.78, 5) is 0. The van der Waals surface area contributed by atoms with Crippen LogP contribution in [0.25, 0.3) is 5.57 Å². The lowest BCUT2D eigenvalue weighted by atomic mass is 9.86. The molecule has 0 heterocycles. The third-order valence-electron chi connectivity index (χ3n) is 4.34. The van der Waals surface area contributed by atoms with Crippen LogP contribution in [-0.2, 0) is 0 Å². The molecule has 0 atom stereocenters. The molecule has 0 spiro atoms. The highest BCUT2D eigenvalue weighted by atomic mass is 14.2. The summed E-state index contributed by atoms with van der Waals surface area (Å²) in [7, 11) is 0. The molecule has 0 saturated carbocycles. The van der Waals surface area contributed by atoms with Gasteiger partial charge in [0.05, 0.1) is 0 Å². The zero-order chi connectivity index (χ0) is 15.9. The van der Waals surface area contributed by atoms with E-state index in [2.05, 4.69) is 62.4 Å². The largest absolute Gasteiger partial charge is 0.0730 e. The smallest absolute Gasteiger partial charge is 0.0224 e. The number of aryl methyl sites for hydroxylation is 1. The SMILES string of the molecule is CC.CC1=CC=C(C2=CC=C(c3ccc(C)cc3)CC2)CC1. The zero-order valence-corrected chi connectivity index (χ0v) is 14.4. The molecule has 22 heavy (non-hydrogen) atoms. The minimum atomic E-state index is 1.16. The molecule has 116 valence electrons. The summed E-state index contributed by atoms with van der Waals surface area (Å²) >= 11 is 0. The first kappa shape index (κ1) is 16.5. The quantitative estimate of drug-likeness (QED) is 0.563. The second-order valence-corrected chi connectivity index (χ2v) is 5.95. The maximum atomic E-state index is 2.33. The lowest BCUT2D eigenvalue weighted by Gasteiger charge is -2.19. The van der Waals surface area contributed by atoms with E-state index < -0.39 is 0 Å². The van der Waals surface area contributed by atoms with Crippen LogP contribution in [0.4, 0.5) is 0 Å². The molecule has 0 aromatic heterocycles. The first-order valence-corrected chi connectivity index (χ1v) is 8.56. The summed E-state index contributed by atoms with van der Waals surface area (Å²) in [5, 5.41) is 0. The first-order valence-electron chi connectivity index (χ1n) is 8.56. The van der Waals surface area contributed by atoms with Crippen LogP contribution in [0.2, 0.25) is 0 Å². The van der Waals surface area contributed by atoms with E-state index in [1.54, 1.807) is 0 Å². The number of allylic oxidation sites excluding steroid dienone is 8. The molecule has 2 aliphatic rings. The van der Waals surface area contributed by atoms with Crippen molar-refractivity contribution in [1.29, 1.82) is 0 Å². The Morgan fingerprint density at radius 2 is 1.09 bits per heavy atom. The molecule has 0 fully saturated rings. The van der Waals surface area contributed by atoms with E-state index >= 15 is 0 Å². The molecule has 0 saturated heterocycles. The molecule has 0 N–H and O–H groups in total. The number of hydrogen-bond acceptors (Lipinski definition) is 0. The van der Waals surface area contributed by atoms with Crippen molar-refractivity contribution in [3.63, 3.8) is 0 Å². The highest BCUT2D eigenvalue weighted by Gasteiger charge is 2.13. The van der Waals surface area contributed by atoms with Crippen LogP contribution < -0.4 is 0 Å². The van der Waals surface area contributed by atoms with Crippen molar-refractivity contribution in [2.24, 2.45) is 0 Å². The Bertz CT molecular complexity index is 619. The summed E-state index contributed by atoms with van der Waals surface area (Å²) in [5.74, 6) is 0. The summed E-state index contributed by atoms with van der Waals surface area (Å²) in [6.45, 7) is 8.36. The van der Waals surface area contributed by atoms with Crippen molar-refractivity contribution in [2.45, 2.75) is 53.4 Å². The van der Waals surface area contributed by atoms with Gasteiger partial charge in [0.25, 0.3) is 0 Å². The van der Waals surface area contributed by atoms with Crippen molar-refractivity contribution >= 4 is 5.57 Å². The second kappa shape index (κ2) is 7.98. The van der Waals surface area contributed by atoms with Crippen molar-refractivity contribution < 1.29 is 0 Å². The van der Waals surface area contributed by atoms with E-state index in [0.717, 1.165) is 6.42 Å². The fourth-order valence-corrected chi connectivity index (χ4v) is 2.92. The zero-order valence-electron chi connectivity index (χ0n) is 14.4. The molecule has 0 heteroatoms. The Balaban J connectivity index is 0.000000847. The molecule has 1 aromatic carbocycles. The van der Waals surface area contributed by atoms with E-state index in [1.807, 2.05) is 13.8 Å². The standard InChI is InChI=1S/C20H22.C2H6/c1-15-3-7-17(8-4-15)19-11-13-20(14-12-19)18-9-5-16(2)6-10-18;1-2/h3-5,7-9,11,13H,6,10,12,14H2,1-2H3;1-2H3. The van der Waals surface area contributed by atoms with Crippen LogP contribution in [0.15, 0.2) is 65.3 Å². The Labute approximate surface area is 136 Å². The van der Waals surface area contributed by atoms with Gasteiger partial charge in [0, 0.05) is 0 Å². The molecule has 0 unspecified atom stereocenters. The second-order valence-electron chi connectivity index (χ2n) is 5.95. The predicted octanol–water partition coefficient (Wildman–Crippen LogP) is 6.79. The van der Waals surface area contributed by atoms with Gasteiger partial charge in [0.15, 0.2) is 0 Å². The highest BCUT2D eigenvalue weighted by Crippen LogP contribution is 2.33. The molecule has 1 aromatic rings. The third-order valence-corrected chi connectivity index (χ3v) is 4.34. The molecule has 0 nitrogen and oxygen atoms in total. The van der Waals surface area contributed by atoms with Crippen molar-refractivity contribution in [3.05, 3.63) is 76.4 Å². The molecule has 0 bridgehead atoms. The summed E-state index contributed by atoms with van der Waals surface area (Å²) in [5.41, 5.74) is 8.74. The van der Waals surface area contributed by atoms with E-state index in [0.29, 0.717) is 0 Å². The summed E-state index contributed by atoms with van der Waals surface area (Å²) in [6.07, 6.45) is 14.0. The highest BCUT2D eigenvalue weighted by molar-refractivity contribution is 5.69. The first-order chi connectivity index (χ1) is 10.7. The van der Waals surface area contributed by atoms with Gasteiger partial charge in [0.1, 0.15) is 0 Å². The van der Waals surface area contributed by atoms with Gasteiger partial charge >= 0.3 is 0 Å². The van der Waals surface area contributed by atoms with E-state index in [1.165, 1.54) is 52.7 Å². The monoisotopic (exact) mass is 292 g/mol. The molecular formula is C22H28. The number of hydrogen-bond donors (Lipinski definition) is 0. The Hall–Kier alpha value is -1.82. The van der Waals surface area contributed by atoms with E-state index in [9.17, 15) is 0 Å². The van der Waals surface area contributed by atoms with Crippen molar-refractivity contribution in [1.82, 2.24) is 0 Å². The van der Waals surface area contributed by atoms with Gasteiger partial charge in [-0.05, 0) is 61.8 Å². The fourth-order valence-electron chi connectivity index (χ4n) is 2.92. The topological polar surface area (TPSA) is 0 Å². The molecule has 0 radical (unpaired) electrons. The van der Waals surface area contributed by atoms with Crippen LogP contribution in [0, 0.1) is 6.92 Å². The number of benzene rings is 1. The fraction of sp³-hybridized carbons (Fsp3) is 0.364. The van der Waals surface area contributed by atoms with Gasteiger partial charge in [-0.3, -0.25) is 0 Å². The maximum Gasteiger partial charge on any atom is -0.0224 e. The van der Waals surface area contributed by atoms with Crippen LogP contribution in [0.3, 0.4) is 0 Å². The molecule has 2 aliphatic carbocycles. The molecule has 0 aliphatic heterocycles. The minimum absolute atomic E-state index is 1.16. The van der Waals surface area contributed by atoms with Gasteiger partial charge in [-0.25, -0.2) is 0 Å². The molecule has 3 rings (SSSR count). The molecule has 0 amide bonds. The van der Waals surface area contributed by atoms with Crippen LogP contribution >= 0.6 is 0 Å². The van der Waals surface area contributed by atoms with Crippen LogP contribution in [-0.4, -0.2) is 0 Å². The van der Waals surface area contributed by atoms with Crippen LogP contribution in [0.1, 0.15) is 57.6 Å². The Kier molecular flexibility index (Phi) is 6.00. The van der Waals surface area contributed by atoms with E-state index in [4.69, 9.17) is 0 Å². The average Bonchev–Trinajstić information content (AvgIpc) is 2.58. The number of rotatable bonds is 2. The van der Waals surface area contributed by atoms with Gasteiger partial charge in [-0.1, -0.05) is 73.6 Å². The van der Waals surface area contributed by atoms with Crippen molar-refractivity contribution in [2.75, 3.05) is 0 Å². The van der Waals surface area contributed by atoms with Gasteiger partial charge in [-0.15, -0.1) is 0 Å². The summed E-state index contributed by atoms with van der Waals surface area (Å²) in [6, 6.07) is 8.89. The Morgan fingerprint density at radius 1 is 0.591 bits per heavy atom. The van der Waals surface area contributed by atoms with Gasteiger partial charge < -0.3 is 0 Å². The van der Waals surface area contributed by atoms with Crippen LogP contribution in [0.5, 0.6) is 0 Å². The minimum Gasteiger partial charge on any atom is -0.0730 e. The summed E-state index contributed by atoms with van der Waals surface area (Å²) < 4.78 is 0. The maximum absolute atomic E-state index is 2.33. The van der Waals surface area contributed by atoms with Gasteiger partial charge in [-0.2, -0.15) is 0 Å². The molecular weight excluding hydrogens is 264 g/mol. The van der Waals surface area contributed by atoms with Crippen molar-refractivity contribution in [3.8, 4) is 0 Å². The predicted molar refractivity (Wildman–Crippen MR) is 98.9 cm³/mol. The third kappa shape index (κ3) is 4.10. The normalized spacial score (nSPS) is 17.5. The lowest BCUT2D eigenvalue weighted by Crippen LogP contribution is -1.99. The van der Waals surface area contributed by atoms with Gasteiger partial charge in [0.2, 0.25) is 0 Å².